The first-order chi connectivity index (χ1) is 13.1. The lowest BCUT2D eigenvalue weighted by Gasteiger charge is -2.12. The highest BCUT2D eigenvalue weighted by Gasteiger charge is 2.28. The van der Waals surface area contributed by atoms with Gasteiger partial charge in [0.05, 0.1) is 17.3 Å². The molecule has 0 bridgehead atoms. The van der Waals surface area contributed by atoms with E-state index in [-0.39, 0.29) is 30.6 Å². The molecule has 0 aliphatic heterocycles. The van der Waals surface area contributed by atoms with Crippen LogP contribution in [-0.4, -0.2) is 20.5 Å². The Bertz CT molecular complexity index is 1040. The van der Waals surface area contributed by atoms with Gasteiger partial charge in [0.2, 0.25) is 0 Å². The number of aromatic nitrogens is 3. The fourth-order valence-corrected chi connectivity index (χ4v) is 3.13. The molecule has 0 unspecified atom stereocenters. The van der Waals surface area contributed by atoms with Crippen LogP contribution in [0.3, 0.4) is 0 Å². The molecule has 1 aromatic carbocycles. The number of hydrogen-bond donors (Lipinski definition) is 0. The number of pyridine rings is 1. The summed E-state index contributed by atoms with van der Waals surface area (Å²) in [4.78, 5) is 33.5. The lowest BCUT2D eigenvalue weighted by Crippen LogP contribution is -2.25. The Kier molecular flexibility index (Phi) is 4.90. The fraction of sp³-hybridized carbons (Fsp3) is 0.300. The number of esters is 1. The highest BCUT2D eigenvalue weighted by Crippen LogP contribution is 2.34. The van der Waals surface area contributed by atoms with Crippen molar-refractivity contribution in [3.63, 3.8) is 0 Å². The number of para-hydroxylation sites is 1. The molecule has 0 radical (unpaired) electrons. The number of aryl methyl sites for hydroxylation is 1. The Morgan fingerprint density at radius 1 is 1.22 bits per heavy atom. The quantitative estimate of drug-likeness (QED) is 0.481. The lowest BCUT2D eigenvalue weighted by atomic mass is 10.2. The lowest BCUT2D eigenvalue weighted by molar-refractivity contribution is -0.144. The van der Waals surface area contributed by atoms with Crippen LogP contribution in [0, 0.1) is 0 Å². The summed E-state index contributed by atoms with van der Waals surface area (Å²) in [6.07, 6.45) is 4.06. The molecule has 0 atom stereocenters. The van der Waals surface area contributed by atoms with Crippen LogP contribution in [-0.2, 0) is 22.6 Å². The van der Waals surface area contributed by atoms with Crippen LogP contribution >= 0.6 is 11.6 Å². The van der Waals surface area contributed by atoms with Crippen molar-refractivity contribution in [3.8, 4) is 0 Å². The van der Waals surface area contributed by atoms with Gasteiger partial charge in [0.25, 0.3) is 5.56 Å². The number of benzene rings is 1. The van der Waals surface area contributed by atoms with Crippen LogP contribution in [0.15, 0.2) is 47.4 Å². The summed E-state index contributed by atoms with van der Waals surface area (Å²) in [6, 6.07) is 10.9. The number of fused-ring (bicyclic) bond motifs is 1. The van der Waals surface area contributed by atoms with E-state index in [0.717, 1.165) is 18.4 Å². The van der Waals surface area contributed by atoms with Crippen LogP contribution in [0.5, 0.6) is 0 Å². The first-order valence-corrected chi connectivity index (χ1v) is 9.26. The van der Waals surface area contributed by atoms with Gasteiger partial charge in [-0.15, -0.1) is 0 Å². The number of nitrogens with zero attached hydrogens (tertiary/aromatic N) is 3. The van der Waals surface area contributed by atoms with Gasteiger partial charge in [-0.3, -0.25) is 14.2 Å². The van der Waals surface area contributed by atoms with Crippen molar-refractivity contribution >= 4 is 28.5 Å². The van der Waals surface area contributed by atoms with E-state index in [1.165, 1.54) is 0 Å². The molecular formula is C20H18ClN3O3. The van der Waals surface area contributed by atoms with E-state index >= 15 is 0 Å². The summed E-state index contributed by atoms with van der Waals surface area (Å²) in [5.74, 6) is 0.306. The Morgan fingerprint density at radius 2 is 2.04 bits per heavy atom. The molecule has 1 aliphatic carbocycles. The Labute approximate surface area is 160 Å². The van der Waals surface area contributed by atoms with Crippen molar-refractivity contribution in [2.75, 3.05) is 0 Å². The normalized spacial score (nSPS) is 13.7. The maximum Gasteiger partial charge on any atom is 0.306 e. The Hall–Kier alpha value is -2.73. The van der Waals surface area contributed by atoms with Crippen LogP contribution < -0.4 is 5.56 Å². The zero-order valence-electron chi connectivity index (χ0n) is 14.6. The molecule has 0 amide bonds. The van der Waals surface area contributed by atoms with E-state index < -0.39 is 0 Å². The van der Waals surface area contributed by atoms with Crippen LogP contribution in [0.1, 0.15) is 36.7 Å². The second-order valence-electron chi connectivity index (χ2n) is 6.60. The summed E-state index contributed by atoms with van der Waals surface area (Å²) >= 11 is 5.74. The summed E-state index contributed by atoms with van der Waals surface area (Å²) < 4.78 is 7.03. The minimum Gasteiger partial charge on any atom is -0.461 e. The summed E-state index contributed by atoms with van der Waals surface area (Å²) in [5.41, 5.74) is 1.40. The van der Waals surface area contributed by atoms with Gasteiger partial charge in [-0.25, -0.2) is 9.97 Å². The minimum atomic E-state index is -0.338. The van der Waals surface area contributed by atoms with E-state index in [1.54, 1.807) is 29.0 Å². The minimum absolute atomic E-state index is 0.0290. The highest BCUT2D eigenvalue weighted by atomic mass is 35.5. The Balaban J connectivity index is 1.46. The average Bonchev–Trinajstić information content (AvgIpc) is 3.51. The van der Waals surface area contributed by atoms with Crippen molar-refractivity contribution in [2.24, 2.45) is 0 Å². The SMILES string of the molecule is O=C(CCc1nc2ccccc2c(=O)n1C1CC1)OCc1ccc(Cl)nc1. The molecule has 1 saturated carbocycles. The number of halogens is 1. The molecule has 4 rings (SSSR count). The predicted molar refractivity (Wildman–Crippen MR) is 102 cm³/mol. The summed E-state index contributed by atoms with van der Waals surface area (Å²) in [5, 5.41) is 1.01. The standard InChI is InChI=1S/C20H18ClN3O3/c21-17-8-5-13(11-22-17)12-27-19(25)10-9-18-23-16-4-2-1-3-15(16)20(26)24(18)14-6-7-14/h1-5,8,11,14H,6-7,9-10,12H2. The molecule has 6 nitrogen and oxygen atoms in total. The molecule has 3 aromatic rings. The second-order valence-corrected chi connectivity index (χ2v) is 6.99. The van der Waals surface area contributed by atoms with Crippen LogP contribution in [0.2, 0.25) is 5.15 Å². The van der Waals surface area contributed by atoms with E-state index in [0.29, 0.717) is 28.3 Å². The molecule has 2 heterocycles. The van der Waals surface area contributed by atoms with Gasteiger partial charge in [-0.05, 0) is 31.0 Å². The van der Waals surface area contributed by atoms with E-state index in [9.17, 15) is 9.59 Å². The zero-order valence-corrected chi connectivity index (χ0v) is 15.4. The van der Waals surface area contributed by atoms with E-state index in [4.69, 9.17) is 16.3 Å². The third-order valence-electron chi connectivity index (χ3n) is 4.53. The van der Waals surface area contributed by atoms with Crippen LogP contribution in [0.4, 0.5) is 0 Å². The second kappa shape index (κ2) is 7.48. The molecule has 138 valence electrons. The van der Waals surface area contributed by atoms with Gasteiger partial charge >= 0.3 is 5.97 Å². The average molecular weight is 384 g/mol. The highest BCUT2D eigenvalue weighted by molar-refractivity contribution is 6.29. The van der Waals surface area contributed by atoms with Gasteiger partial charge in [-0.1, -0.05) is 29.8 Å². The van der Waals surface area contributed by atoms with Crippen molar-refractivity contribution in [2.45, 2.75) is 38.3 Å². The molecular weight excluding hydrogens is 366 g/mol. The summed E-state index contributed by atoms with van der Waals surface area (Å²) in [7, 11) is 0. The topological polar surface area (TPSA) is 74.1 Å². The molecule has 0 N–H and O–H groups in total. The molecule has 2 aromatic heterocycles. The molecule has 0 saturated heterocycles. The number of carbonyl (C=O) groups excluding carboxylic acids is 1. The van der Waals surface area contributed by atoms with Crippen LogP contribution in [0.25, 0.3) is 10.9 Å². The van der Waals surface area contributed by atoms with Gasteiger partial charge in [0.1, 0.15) is 17.6 Å². The number of rotatable bonds is 6. The van der Waals surface area contributed by atoms with Crippen molar-refractivity contribution in [1.29, 1.82) is 0 Å². The Morgan fingerprint density at radius 3 is 2.78 bits per heavy atom. The number of ether oxygens (including phenoxy) is 1. The van der Waals surface area contributed by atoms with Crippen molar-refractivity contribution < 1.29 is 9.53 Å². The van der Waals surface area contributed by atoms with Gasteiger partial charge in [-0.2, -0.15) is 0 Å². The third kappa shape index (κ3) is 4.01. The van der Waals surface area contributed by atoms with Gasteiger partial charge in [0, 0.05) is 24.2 Å². The number of carbonyl (C=O) groups is 1. The largest absolute Gasteiger partial charge is 0.461 e. The first kappa shape index (κ1) is 17.7. The third-order valence-corrected chi connectivity index (χ3v) is 4.76. The summed E-state index contributed by atoms with van der Waals surface area (Å²) in [6.45, 7) is 0.142. The maximum absolute atomic E-state index is 12.8. The molecule has 27 heavy (non-hydrogen) atoms. The molecule has 1 fully saturated rings. The first-order valence-electron chi connectivity index (χ1n) is 8.88. The van der Waals surface area contributed by atoms with E-state index in [1.807, 2.05) is 18.2 Å². The maximum atomic E-state index is 12.8. The van der Waals surface area contributed by atoms with Crippen molar-refractivity contribution in [1.82, 2.24) is 14.5 Å². The zero-order chi connectivity index (χ0) is 18.8. The number of hydrogen-bond acceptors (Lipinski definition) is 5. The molecule has 0 spiro atoms. The predicted octanol–water partition coefficient (Wildman–Crippen LogP) is 3.46. The van der Waals surface area contributed by atoms with Gasteiger partial charge < -0.3 is 4.74 Å². The fourth-order valence-electron chi connectivity index (χ4n) is 3.02. The van der Waals surface area contributed by atoms with E-state index in [2.05, 4.69) is 9.97 Å². The monoisotopic (exact) mass is 383 g/mol. The molecule has 7 heteroatoms. The molecule has 1 aliphatic rings. The smallest absolute Gasteiger partial charge is 0.306 e. The van der Waals surface area contributed by atoms with Gasteiger partial charge in [0.15, 0.2) is 0 Å². The van der Waals surface area contributed by atoms with Crippen molar-refractivity contribution in [3.05, 3.63) is 69.5 Å².